The molecule has 2 nitrogen and oxygen atoms in total. The van der Waals surface area contributed by atoms with Crippen molar-refractivity contribution in [2.75, 3.05) is 6.61 Å². The van der Waals surface area contributed by atoms with Crippen LogP contribution in [0.2, 0.25) is 0 Å². The zero-order valence-corrected chi connectivity index (χ0v) is 9.83. The van der Waals surface area contributed by atoms with Crippen LogP contribution in [0.4, 0.5) is 13.2 Å². The molecule has 0 bridgehead atoms. The lowest BCUT2D eigenvalue weighted by molar-refractivity contribution is -0.139. The molecule has 5 heteroatoms. The van der Waals surface area contributed by atoms with Crippen molar-refractivity contribution >= 4 is 0 Å². The Hall–Kier alpha value is -1.23. The zero-order valence-electron chi connectivity index (χ0n) is 9.83. The number of hydrogen-bond donors (Lipinski definition) is 1. The van der Waals surface area contributed by atoms with E-state index < -0.39 is 18.3 Å². The van der Waals surface area contributed by atoms with Gasteiger partial charge in [-0.25, -0.2) is 0 Å². The Labute approximate surface area is 103 Å². The average Bonchev–Trinajstić information content (AvgIpc) is 2.26. The molecule has 0 radical (unpaired) electrons. The van der Waals surface area contributed by atoms with Crippen molar-refractivity contribution in [2.24, 2.45) is 5.92 Å². The Kier molecular flexibility index (Phi) is 3.80. The van der Waals surface area contributed by atoms with Crippen LogP contribution in [0, 0.1) is 5.92 Å². The fraction of sp³-hybridized carbons (Fsp3) is 0.538. The number of alkyl halides is 3. The lowest BCUT2D eigenvalue weighted by atomic mass is 9.86. The minimum absolute atomic E-state index is 0.147. The maximum absolute atomic E-state index is 12.8. The minimum atomic E-state index is -4.46. The van der Waals surface area contributed by atoms with E-state index in [1.165, 1.54) is 12.1 Å². The predicted octanol–water partition coefficient (Wildman–Crippen LogP) is 3.38. The molecule has 1 saturated carbocycles. The molecule has 1 aliphatic carbocycles. The number of hydrogen-bond acceptors (Lipinski definition) is 2. The standard InChI is InChI=1S/C13H15F3O2/c14-13(15,16)11-6-10(7-17)4-5-12(11)18-8-9-2-1-3-9/h4-6,9,17H,1-3,7-8H2. The van der Waals surface area contributed by atoms with Gasteiger partial charge in [-0.05, 0) is 36.5 Å². The SMILES string of the molecule is OCc1ccc(OCC2CCC2)c(C(F)(F)F)c1. The van der Waals surface area contributed by atoms with E-state index in [-0.39, 0.29) is 11.3 Å². The summed E-state index contributed by atoms with van der Waals surface area (Å²) < 4.78 is 43.7. The van der Waals surface area contributed by atoms with Gasteiger partial charge in [-0.2, -0.15) is 13.2 Å². The van der Waals surface area contributed by atoms with Gasteiger partial charge < -0.3 is 9.84 Å². The van der Waals surface area contributed by atoms with E-state index in [4.69, 9.17) is 9.84 Å². The molecule has 0 heterocycles. The number of aliphatic hydroxyl groups excluding tert-OH is 1. The first kappa shape index (κ1) is 13.2. The Morgan fingerprint density at radius 1 is 1.28 bits per heavy atom. The molecule has 1 aromatic rings. The highest BCUT2D eigenvalue weighted by Gasteiger charge is 2.35. The van der Waals surface area contributed by atoms with Gasteiger partial charge in [0.25, 0.3) is 0 Å². The molecule has 1 aromatic carbocycles. The summed E-state index contributed by atoms with van der Waals surface area (Å²) in [5.74, 6) is 0.232. The maximum Gasteiger partial charge on any atom is 0.419 e. The van der Waals surface area contributed by atoms with Crippen LogP contribution in [0.1, 0.15) is 30.4 Å². The fourth-order valence-corrected chi connectivity index (χ4v) is 1.89. The van der Waals surface area contributed by atoms with Crippen molar-refractivity contribution in [3.8, 4) is 5.75 Å². The molecule has 2 rings (SSSR count). The van der Waals surface area contributed by atoms with Gasteiger partial charge in [0, 0.05) is 0 Å². The molecule has 1 fully saturated rings. The van der Waals surface area contributed by atoms with Crippen molar-refractivity contribution in [3.05, 3.63) is 29.3 Å². The molecule has 0 unspecified atom stereocenters. The first-order valence-electron chi connectivity index (χ1n) is 5.94. The molecule has 0 spiro atoms. The molecule has 1 N–H and O–H groups in total. The third-order valence-electron chi connectivity index (χ3n) is 3.23. The van der Waals surface area contributed by atoms with E-state index in [0.29, 0.717) is 12.5 Å². The molecule has 0 saturated heterocycles. The molecular weight excluding hydrogens is 245 g/mol. The highest BCUT2D eigenvalue weighted by molar-refractivity contribution is 5.39. The van der Waals surface area contributed by atoms with Crippen molar-refractivity contribution in [1.82, 2.24) is 0 Å². The number of ether oxygens (including phenoxy) is 1. The van der Waals surface area contributed by atoms with E-state index in [0.717, 1.165) is 25.3 Å². The topological polar surface area (TPSA) is 29.5 Å². The van der Waals surface area contributed by atoms with Gasteiger partial charge >= 0.3 is 6.18 Å². The Morgan fingerprint density at radius 3 is 2.50 bits per heavy atom. The molecule has 0 aliphatic heterocycles. The maximum atomic E-state index is 12.8. The zero-order chi connectivity index (χ0) is 13.2. The number of aliphatic hydroxyl groups is 1. The Morgan fingerprint density at radius 2 is 2.00 bits per heavy atom. The second-order valence-corrected chi connectivity index (χ2v) is 4.59. The summed E-state index contributed by atoms with van der Waals surface area (Å²) in [6, 6.07) is 3.68. The molecule has 0 aromatic heterocycles. The van der Waals surface area contributed by atoms with Gasteiger partial charge in [0.05, 0.1) is 18.8 Å². The summed E-state index contributed by atoms with van der Waals surface area (Å²) in [6.07, 6.45) is -1.28. The van der Waals surface area contributed by atoms with Crippen LogP contribution in [-0.4, -0.2) is 11.7 Å². The minimum Gasteiger partial charge on any atom is -0.493 e. The first-order valence-corrected chi connectivity index (χ1v) is 5.94. The van der Waals surface area contributed by atoms with Gasteiger partial charge in [-0.1, -0.05) is 12.5 Å². The summed E-state index contributed by atoms with van der Waals surface area (Å²) in [7, 11) is 0. The monoisotopic (exact) mass is 260 g/mol. The molecule has 1 aliphatic rings. The number of halogens is 3. The predicted molar refractivity (Wildman–Crippen MR) is 60.2 cm³/mol. The van der Waals surface area contributed by atoms with Crippen LogP contribution in [-0.2, 0) is 12.8 Å². The van der Waals surface area contributed by atoms with Crippen LogP contribution in [0.15, 0.2) is 18.2 Å². The van der Waals surface area contributed by atoms with Crippen LogP contribution >= 0.6 is 0 Å². The summed E-state index contributed by atoms with van der Waals surface area (Å²) >= 11 is 0. The molecule has 18 heavy (non-hydrogen) atoms. The quantitative estimate of drug-likeness (QED) is 0.899. The van der Waals surface area contributed by atoms with E-state index in [9.17, 15) is 13.2 Å². The van der Waals surface area contributed by atoms with Gasteiger partial charge in [0.15, 0.2) is 0 Å². The van der Waals surface area contributed by atoms with Crippen molar-refractivity contribution in [2.45, 2.75) is 32.0 Å². The van der Waals surface area contributed by atoms with Gasteiger partial charge in [0.1, 0.15) is 5.75 Å². The lowest BCUT2D eigenvalue weighted by Gasteiger charge is -2.26. The summed E-state index contributed by atoms with van der Waals surface area (Å²) in [5.41, 5.74) is -0.577. The summed E-state index contributed by atoms with van der Waals surface area (Å²) in [5, 5.41) is 8.88. The molecule has 0 amide bonds. The number of benzene rings is 1. The Balaban J connectivity index is 2.16. The number of rotatable bonds is 4. The van der Waals surface area contributed by atoms with Gasteiger partial charge in [-0.3, -0.25) is 0 Å². The highest BCUT2D eigenvalue weighted by Crippen LogP contribution is 2.37. The van der Waals surface area contributed by atoms with E-state index in [1.54, 1.807) is 0 Å². The first-order chi connectivity index (χ1) is 8.50. The van der Waals surface area contributed by atoms with Crippen LogP contribution in [0.5, 0.6) is 5.75 Å². The third kappa shape index (κ3) is 2.96. The smallest absolute Gasteiger partial charge is 0.419 e. The average molecular weight is 260 g/mol. The van der Waals surface area contributed by atoms with E-state index in [2.05, 4.69) is 0 Å². The largest absolute Gasteiger partial charge is 0.493 e. The molecule has 100 valence electrons. The van der Waals surface area contributed by atoms with Crippen LogP contribution in [0.25, 0.3) is 0 Å². The van der Waals surface area contributed by atoms with Crippen molar-refractivity contribution in [1.29, 1.82) is 0 Å². The van der Waals surface area contributed by atoms with Crippen molar-refractivity contribution < 1.29 is 23.0 Å². The fourth-order valence-electron chi connectivity index (χ4n) is 1.89. The summed E-state index contributed by atoms with van der Waals surface area (Å²) in [4.78, 5) is 0. The molecular formula is C13H15F3O2. The van der Waals surface area contributed by atoms with E-state index in [1.807, 2.05) is 0 Å². The van der Waals surface area contributed by atoms with Gasteiger partial charge in [-0.15, -0.1) is 0 Å². The normalized spacial score (nSPS) is 16.4. The summed E-state index contributed by atoms with van der Waals surface area (Å²) in [6.45, 7) is -0.0759. The van der Waals surface area contributed by atoms with Crippen LogP contribution < -0.4 is 4.74 Å². The second kappa shape index (κ2) is 5.18. The van der Waals surface area contributed by atoms with E-state index >= 15 is 0 Å². The van der Waals surface area contributed by atoms with Gasteiger partial charge in [0.2, 0.25) is 0 Å². The molecule has 0 atom stereocenters. The van der Waals surface area contributed by atoms with Crippen LogP contribution in [0.3, 0.4) is 0 Å². The third-order valence-corrected chi connectivity index (χ3v) is 3.23. The Bertz CT molecular complexity index is 411. The second-order valence-electron chi connectivity index (χ2n) is 4.59. The lowest BCUT2D eigenvalue weighted by Crippen LogP contribution is -2.20. The van der Waals surface area contributed by atoms with Crippen molar-refractivity contribution in [3.63, 3.8) is 0 Å². The highest BCUT2D eigenvalue weighted by atomic mass is 19.4.